The second-order valence-corrected chi connectivity index (χ2v) is 3.50. The number of carbonyl (C=O) groups is 1. The third kappa shape index (κ3) is 3.80. The monoisotopic (exact) mass is 294 g/mol. The predicted molar refractivity (Wildman–Crippen MR) is 58.3 cm³/mol. The van der Waals surface area contributed by atoms with E-state index in [0.29, 0.717) is 6.07 Å². The van der Waals surface area contributed by atoms with Crippen LogP contribution in [0.2, 0.25) is 0 Å². The Hall–Kier alpha value is -2.39. The maximum atomic E-state index is 12.1. The van der Waals surface area contributed by atoms with Gasteiger partial charge in [-0.3, -0.25) is 10.1 Å². The molecule has 0 amide bonds. The van der Waals surface area contributed by atoms with Gasteiger partial charge >= 0.3 is 18.0 Å². The van der Waals surface area contributed by atoms with Crippen LogP contribution >= 0.6 is 0 Å². The van der Waals surface area contributed by atoms with Crippen LogP contribution in [0.1, 0.15) is 23.0 Å². The molecule has 20 heavy (non-hydrogen) atoms. The number of pyridine rings is 1. The highest BCUT2D eigenvalue weighted by molar-refractivity contribution is 5.92. The number of ether oxygens (including phenoxy) is 2. The van der Waals surface area contributed by atoms with Crippen LogP contribution in [0.15, 0.2) is 6.07 Å². The third-order valence-corrected chi connectivity index (χ3v) is 2.03. The van der Waals surface area contributed by atoms with Gasteiger partial charge < -0.3 is 9.47 Å². The average Bonchev–Trinajstić information content (AvgIpc) is 2.25. The zero-order chi connectivity index (χ0) is 15.5. The minimum atomic E-state index is -5.03. The van der Waals surface area contributed by atoms with Gasteiger partial charge in [-0.2, -0.15) is 4.98 Å². The van der Waals surface area contributed by atoms with Gasteiger partial charge in [0.2, 0.25) is 11.6 Å². The normalized spacial score (nSPS) is 11.1. The molecule has 1 heterocycles. The first-order valence-electron chi connectivity index (χ1n) is 5.24. The Morgan fingerprint density at radius 2 is 2.10 bits per heavy atom. The number of nitrogens with zero attached hydrogens (tertiary/aromatic N) is 2. The van der Waals surface area contributed by atoms with E-state index in [1.165, 1.54) is 6.92 Å². The average molecular weight is 294 g/mol. The molecule has 0 saturated carbocycles. The topological polar surface area (TPSA) is 91.6 Å². The number of hydrogen-bond donors (Lipinski definition) is 0. The number of rotatable bonds is 4. The molecule has 7 nitrogen and oxygen atoms in total. The number of esters is 1. The van der Waals surface area contributed by atoms with Gasteiger partial charge in [-0.25, -0.2) is 4.79 Å². The van der Waals surface area contributed by atoms with Crippen molar-refractivity contribution < 1.29 is 32.4 Å². The Morgan fingerprint density at radius 1 is 1.50 bits per heavy atom. The number of halogens is 3. The lowest BCUT2D eigenvalue weighted by Gasteiger charge is -2.10. The van der Waals surface area contributed by atoms with Crippen LogP contribution in [-0.2, 0) is 4.74 Å². The van der Waals surface area contributed by atoms with Crippen LogP contribution in [-0.4, -0.2) is 28.8 Å². The van der Waals surface area contributed by atoms with E-state index in [-0.39, 0.29) is 12.2 Å². The van der Waals surface area contributed by atoms with Crippen molar-refractivity contribution >= 4 is 11.7 Å². The summed E-state index contributed by atoms with van der Waals surface area (Å²) in [5.74, 6) is -2.17. The van der Waals surface area contributed by atoms with Crippen molar-refractivity contribution in [3.8, 4) is 5.88 Å². The van der Waals surface area contributed by atoms with Gasteiger partial charge in [0, 0.05) is 11.6 Å². The highest BCUT2D eigenvalue weighted by Crippen LogP contribution is 2.29. The number of hydrogen-bond acceptors (Lipinski definition) is 6. The molecule has 10 heteroatoms. The molecule has 110 valence electrons. The lowest BCUT2D eigenvalue weighted by atomic mass is 10.2. The molecule has 1 rings (SSSR count). The summed E-state index contributed by atoms with van der Waals surface area (Å²) in [7, 11) is 0. The first-order chi connectivity index (χ1) is 9.15. The third-order valence-electron chi connectivity index (χ3n) is 2.03. The molecule has 0 aliphatic carbocycles. The van der Waals surface area contributed by atoms with E-state index in [2.05, 4.69) is 14.5 Å². The predicted octanol–water partition coefficient (Wildman–Crippen LogP) is 2.37. The van der Waals surface area contributed by atoms with Crippen LogP contribution < -0.4 is 4.74 Å². The van der Waals surface area contributed by atoms with E-state index < -0.39 is 34.5 Å². The molecule has 1 aromatic heterocycles. The van der Waals surface area contributed by atoms with Gasteiger partial charge in [-0.1, -0.05) is 0 Å². The molecule has 0 radical (unpaired) electrons. The van der Waals surface area contributed by atoms with Crippen molar-refractivity contribution in [2.75, 3.05) is 6.61 Å². The van der Waals surface area contributed by atoms with Crippen molar-refractivity contribution in [2.24, 2.45) is 0 Å². The number of alkyl halides is 3. The molecule has 0 aliphatic rings. The summed E-state index contributed by atoms with van der Waals surface area (Å²) in [5.41, 5.74) is -1.76. The standard InChI is InChI=1S/C10H9F3N2O5/c1-3-19-9(16)7-8(15(17)18)5(2)4-6(14-7)20-10(11,12)13/h4H,3H2,1-2H3. The molecule has 0 spiro atoms. The first-order valence-corrected chi connectivity index (χ1v) is 5.24. The SMILES string of the molecule is CCOC(=O)c1nc(OC(F)(F)F)cc(C)c1[N+](=O)[O-]. The summed E-state index contributed by atoms with van der Waals surface area (Å²) < 4.78 is 44.4. The van der Waals surface area contributed by atoms with Crippen LogP contribution in [0.5, 0.6) is 5.88 Å². The molecule has 0 aromatic carbocycles. The highest BCUT2D eigenvalue weighted by atomic mass is 19.4. The largest absolute Gasteiger partial charge is 0.574 e. The fourth-order valence-corrected chi connectivity index (χ4v) is 1.38. The Labute approximate surface area is 110 Å². The minimum absolute atomic E-state index is 0.110. The van der Waals surface area contributed by atoms with Gasteiger partial charge in [0.25, 0.3) is 0 Å². The van der Waals surface area contributed by atoms with E-state index in [4.69, 9.17) is 0 Å². The smallest absolute Gasteiger partial charge is 0.461 e. The quantitative estimate of drug-likeness (QED) is 0.481. The molecule has 0 atom stereocenters. The summed E-state index contributed by atoms with van der Waals surface area (Å²) in [6.45, 7) is 2.49. The summed E-state index contributed by atoms with van der Waals surface area (Å²) in [6.07, 6.45) is -5.03. The summed E-state index contributed by atoms with van der Waals surface area (Å²) in [4.78, 5) is 24.6. The van der Waals surface area contributed by atoms with E-state index in [9.17, 15) is 28.1 Å². The molecule has 0 bridgehead atoms. The summed E-state index contributed by atoms with van der Waals surface area (Å²) in [5, 5.41) is 10.8. The fraction of sp³-hybridized carbons (Fsp3) is 0.400. The van der Waals surface area contributed by atoms with Gasteiger partial charge in [0.1, 0.15) is 0 Å². The van der Waals surface area contributed by atoms with Gasteiger partial charge in [-0.15, -0.1) is 13.2 Å². The van der Waals surface area contributed by atoms with Crippen LogP contribution in [0, 0.1) is 17.0 Å². The zero-order valence-corrected chi connectivity index (χ0v) is 10.4. The molecular weight excluding hydrogens is 285 g/mol. The van der Waals surface area contributed by atoms with Crippen molar-refractivity contribution in [3.63, 3.8) is 0 Å². The highest BCUT2D eigenvalue weighted by Gasteiger charge is 2.34. The Morgan fingerprint density at radius 3 is 2.55 bits per heavy atom. The van der Waals surface area contributed by atoms with Crippen molar-refractivity contribution in [3.05, 3.63) is 27.4 Å². The maximum absolute atomic E-state index is 12.1. The summed E-state index contributed by atoms with van der Waals surface area (Å²) >= 11 is 0. The minimum Gasteiger partial charge on any atom is -0.461 e. The van der Waals surface area contributed by atoms with Crippen LogP contribution in [0.3, 0.4) is 0 Å². The van der Waals surface area contributed by atoms with Gasteiger partial charge in [0.05, 0.1) is 11.5 Å². The Bertz CT molecular complexity index is 544. The molecule has 0 fully saturated rings. The van der Waals surface area contributed by atoms with Crippen LogP contribution in [0.4, 0.5) is 18.9 Å². The molecule has 0 saturated heterocycles. The van der Waals surface area contributed by atoms with Crippen LogP contribution in [0.25, 0.3) is 0 Å². The lowest BCUT2D eigenvalue weighted by Crippen LogP contribution is -2.20. The molecule has 0 N–H and O–H groups in total. The molecule has 0 unspecified atom stereocenters. The number of nitro groups is 1. The Balaban J connectivity index is 3.35. The number of aryl methyl sites for hydroxylation is 1. The number of aromatic nitrogens is 1. The molecule has 0 aliphatic heterocycles. The second-order valence-electron chi connectivity index (χ2n) is 3.50. The van der Waals surface area contributed by atoms with Crippen molar-refractivity contribution in [1.82, 2.24) is 4.98 Å². The van der Waals surface area contributed by atoms with E-state index in [0.717, 1.165) is 6.92 Å². The van der Waals surface area contributed by atoms with Gasteiger partial charge in [-0.05, 0) is 13.8 Å². The Kier molecular flexibility index (Phi) is 4.48. The van der Waals surface area contributed by atoms with E-state index >= 15 is 0 Å². The molecule has 1 aromatic rings. The van der Waals surface area contributed by atoms with E-state index in [1.807, 2.05) is 0 Å². The van der Waals surface area contributed by atoms with Crippen molar-refractivity contribution in [2.45, 2.75) is 20.2 Å². The number of carbonyl (C=O) groups excluding carboxylic acids is 1. The lowest BCUT2D eigenvalue weighted by molar-refractivity contribution is -0.386. The molecular formula is C10H9F3N2O5. The fourth-order valence-electron chi connectivity index (χ4n) is 1.38. The van der Waals surface area contributed by atoms with Gasteiger partial charge in [0.15, 0.2) is 0 Å². The van der Waals surface area contributed by atoms with E-state index in [1.54, 1.807) is 0 Å². The maximum Gasteiger partial charge on any atom is 0.574 e. The summed E-state index contributed by atoms with van der Waals surface area (Å²) in [6, 6.07) is 0.717. The van der Waals surface area contributed by atoms with Crippen molar-refractivity contribution in [1.29, 1.82) is 0 Å². The first kappa shape index (κ1) is 15.7. The second kappa shape index (κ2) is 5.72. The zero-order valence-electron chi connectivity index (χ0n) is 10.4.